The minimum absolute atomic E-state index is 0.0968. The van der Waals surface area contributed by atoms with Crippen LogP contribution in [0.2, 0.25) is 0 Å². The van der Waals surface area contributed by atoms with Gasteiger partial charge in [-0.25, -0.2) is 9.97 Å². The molecule has 2 aromatic carbocycles. The van der Waals surface area contributed by atoms with Gasteiger partial charge in [-0.3, -0.25) is 4.79 Å². The number of nitrogens with zero attached hydrogens (tertiary/aromatic N) is 2. The zero-order chi connectivity index (χ0) is 18.2. The Hall–Kier alpha value is -2.86. The molecule has 1 atom stereocenters. The fraction of sp³-hybridized carbons (Fsp3) is 0.150. The van der Waals surface area contributed by atoms with Gasteiger partial charge in [-0.05, 0) is 42.8 Å². The summed E-state index contributed by atoms with van der Waals surface area (Å²) in [5.41, 5.74) is 1.84. The Morgan fingerprint density at radius 1 is 1.04 bits per heavy atom. The van der Waals surface area contributed by atoms with Gasteiger partial charge in [-0.15, -0.1) is 0 Å². The molecule has 132 valence electrons. The summed E-state index contributed by atoms with van der Waals surface area (Å²) in [5, 5.41) is 3.18. The van der Waals surface area contributed by atoms with Crippen molar-refractivity contribution in [1.82, 2.24) is 9.97 Å². The van der Waals surface area contributed by atoms with E-state index in [2.05, 4.69) is 15.3 Å². The van der Waals surface area contributed by atoms with Gasteiger partial charge in [0.05, 0.1) is 5.25 Å². The highest BCUT2D eigenvalue weighted by molar-refractivity contribution is 8.00. The van der Waals surface area contributed by atoms with Crippen LogP contribution in [0.5, 0.6) is 5.75 Å². The SMILES string of the molecule is CC(Sc1ncccn1)C(=O)Nc1ccc(OCc2ccccc2)cc1. The number of anilines is 1. The first kappa shape index (κ1) is 17.9. The van der Waals surface area contributed by atoms with Crippen molar-refractivity contribution in [3.63, 3.8) is 0 Å². The summed E-state index contributed by atoms with van der Waals surface area (Å²) in [6, 6.07) is 19.1. The summed E-state index contributed by atoms with van der Waals surface area (Å²) in [5.74, 6) is 0.660. The van der Waals surface area contributed by atoms with E-state index in [1.807, 2.05) is 61.5 Å². The van der Waals surface area contributed by atoms with E-state index >= 15 is 0 Å². The molecular weight excluding hydrogens is 346 g/mol. The van der Waals surface area contributed by atoms with Crippen LogP contribution in [0.3, 0.4) is 0 Å². The molecule has 0 fully saturated rings. The lowest BCUT2D eigenvalue weighted by Crippen LogP contribution is -2.22. The second-order valence-electron chi connectivity index (χ2n) is 5.58. The Labute approximate surface area is 156 Å². The van der Waals surface area contributed by atoms with Crippen molar-refractivity contribution in [3.05, 3.63) is 78.6 Å². The quantitative estimate of drug-likeness (QED) is 0.503. The third-order valence-electron chi connectivity index (χ3n) is 3.56. The van der Waals surface area contributed by atoms with Gasteiger partial charge in [0, 0.05) is 18.1 Å². The standard InChI is InChI=1S/C20H19N3O2S/c1-15(26-20-21-12-5-13-22-20)19(24)23-17-8-10-18(11-9-17)25-14-16-6-3-2-4-7-16/h2-13,15H,14H2,1H3,(H,23,24). The van der Waals surface area contributed by atoms with Gasteiger partial charge in [-0.1, -0.05) is 42.1 Å². The number of carbonyl (C=O) groups is 1. The van der Waals surface area contributed by atoms with E-state index in [0.717, 1.165) is 17.0 Å². The molecule has 0 bridgehead atoms. The van der Waals surface area contributed by atoms with E-state index in [9.17, 15) is 4.79 Å². The van der Waals surface area contributed by atoms with Gasteiger partial charge in [0.25, 0.3) is 0 Å². The number of hydrogen-bond acceptors (Lipinski definition) is 5. The molecule has 1 aromatic heterocycles. The molecule has 5 nitrogen and oxygen atoms in total. The van der Waals surface area contributed by atoms with Crippen molar-refractivity contribution >= 4 is 23.4 Å². The fourth-order valence-corrected chi connectivity index (χ4v) is 2.90. The minimum atomic E-state index is -0.300. The second-order valence-corrected chi connectivity index (χ2v) is 6.89. The summed E-state index contributed by atoms with van der Waals surface area (Å²) in [7, 11) is 0. The number of aromatic nitrogens is 2. The molecule has 1 N–H and O–H groups in total. The van der Waals surface area contributed by atoms with E-state index in [1.165, 1.54) is 11.8 Å². The van der Waals surface area contributed by atoms with E-state index < -0.39 is 0 Å². The number of thioether (sulfide) groups is 1. The molecule has 1 heterocycles. The predicted molar refractivity (Wildman–Crippen MR) is 103 cm³/mol. The number of nitrogens with one attached hydrogen (secondary N) is 1. The van der Waals surface area contributed by atoms with Crippen molar-refractivity contribution < 1.29 is 9.53 Å². The molecule has 1 unspecified atom stereocenters. The maximum absolute atomic E-state index is 12.3. The zero-order valence-electron chi connectivity index (χ0n) is 14.3. The molecule has 0 aliphatic carbocycles. The van der Waals surface area contributed by atoms with Crippen molar-refractivity contribution in [2.75, 3.05) is 5.32 Å². The Kier molecular flexibility index (Phi) is 6.22. The van der Waals surface area contributed by atoms with Crippen LogP contribution in [0.1, 0.15) is 12.5 Å². The van der Waals surface area contributed by atoms with Crippen LogP contribution in [0.4, 0.5) is 5.69 Å². The topological polar surface area (TPSA) is 64.1 Å². The molecule has 3 rings (SSSR count). The smallest absolute Gasteiger partial charge is 0.237 e. The monoisotopic (exact) mass is 365 g/mol. The van der Waals surface area contributed by atoms with Crippen LogP contribution in [0, 0.1) is 0 Å². The van der Waals surface area contributed by atoms with E-state index in [1.54, 1.807) is 18.5 Å². The summed E-state index contributed by atoms with van der Waals surface area (Å²) < 4.78 is 5.75. The van der Waals surface area contributed by atoms with Gasteiger partial charge >= 0.3 is 0 Å². The molecule has 6 heteroatoms. The number of hydrogen-bond donors (Lipinski definition) is 1. The first-order valence-electron chi connectivity index (χ1n) is 8.22. The molecule has 0 saturated heterocycles. The molecule has 0 saturated carbocycles. The summed E-state index contributed by atoms with van der Waals surface area (Å²) in [4.78, 5) is 20.5. The van der Waals surface area contributed by atoms with Gasteiger partial charge < -0.3 is 10.1 Å². The van der Waals surface area contributed by atoms with Gasteiger partial charge in [0.15, 0.2) is 5.16 Å². The molecule has 3 aromatic rings. The van der Waals surface area contributed by atoms with Gasteiger partial charge in [0.2, 0.25) is 5.91 Å². The molecule has 0 radical (unpaired) electrons. The molecule has 1 amide bonds. The average molecular weight is 365 g/mol. The maximum Gasteiger partial charge on any atom is 0.237 e. The highest BCUT2D eigenvalue weighted by Gasteiger charge is 2.15. The van der Waals surface area contributed by atoms with Crippen LogP contribution < -0.4 is 10.1 Å². The third-order valence-corrected chi connectivity index (χ3v) is 4.55. The maximum atomic E-state index is 12.3. The molecule has 26 heavy (non-hydrogen) atoms. The molecular formula is C20H19N3O2S. The Morgan fingerprint density at radius 3 is 2.42 bits per heavy atom. The van der Waals surface area contributed by atoms with Crippen molar-refractivity contribution in [2.45, 2.75) is 23.9 Å². The second kappa shape index (κ2) is 9.01. The van der Waals surface area contributed by atoms with E-state index in [4.69, 9.17) is 4.74 Å². The minimum Gasteiger partial charge on any atom is -0.489 e. The van der Waals surface area contributed by atoms with Crippen LogP contribution in [-0.4, -0.2) is 21.1 Å². The van der Waals surface area contributed by atoms with Crippen molar-refractivity contribution in [2.24, 2.45) is 0 Å². The zero-order valence-corrected chi connectivity index (χ0v) is 15.1. The lowest BCUT2D eigenvalue weighted by atomic mass is 10.2. The van der Waals surface area contributed by atoms with E-state index in [-0.39, 0.29) is 11.2 Å². The molecule has 0 spiro atoms. The normalized spacial score (nSPS) is 11.6. The lowest BCUT2D eigenvalue weighted by Gasteiger charge is -2.12. The van der Waals surface area contributed by atoms with E-state index in [0.29, 0.717) is 11.8 Å². The Morgan fingerprint density at radius 2 is 1.73 bits per heavy atom. The van der Waals surface area contributed by atoms with Crippen LogP contribution in [0.15, 0.2) is 78.2 Å². The van der Waals surface area contributed by atoms with Crippen LogP contribution >= 0.6 is 11.8 Å². The highest BCUT2D eigenvalue weighted by atomic mass is 32.2. The summed E-state index contributed by atoms with van der Waals surface area (Å²) in [6.07, 6.45) is 3.32. The fourth-order valence-electron chi connectivity index (χ4n) is 2.18. The van der Waals surface area contributed by atoms with Crippen molar-refractivity contribution in [3.8, 4) is 5.75 Å². The average Bonchev–Trinajstić information content (AvgIpc) is 2.69. The lowest BCUT2D eigenvalue weighted by molar-refractivity contribution is -0.115. The summed E-state index contributed by atoms with van der Waals surface area (Å²) in [6.45, 7) is 2.34. The number of rotatable bonds is 7. The van der Waals surface area contributed by atoms with Crippen LogP contribution in [-0.2, 0) is 11.4 Å². The molecule has 0 aliphatic rings. The number of benzene rings is 2. The Balaban J connectivity index is 1.51. The van der Waals surface area contributed by atoms with Gasteiger partial charge in [-0.2, -0.15) is 0 Å². The Bertz CT molecular complexity index is 827. The number of amides is 1. The number of carbonyl (C=O) groups excluding carboxylic acids is 1. The predicted octanol–water partition coefficient (Wildman–Crippen LogP) is 4.17. The van der Waals surface area contributed by atoms with Crippen LogP contribution in [0.25, 0.3) is 0 Å². The molecule has 0 aliphatic heterocycles. The third kappa shape index (κ3) is 5.32. The first-order chi connectivity index (χ1) is 12.7. The van der Waals surface area contributed by atoms with Gasteiger partial charge in [0.1, 0.15) is 12.4 Å². The van der Waals surface area contributed by atoms with Crippen molar-refractivity contribution in [1.29, 1.82) is 0 Å². The largest absolute Gasteiger partial charge is 0.489 e. The first-order valence-corrected chi connectivity index (χ1v) is 9.10. The summed E-state index contributed by atoms with van der Waals surface area (Å²) >= 11 is 1.32. The highest BCUT2D eigenvalue weighted by Crippen LogP contribution is 2.21. The number of ether oxygens (including phenoxy) is 1.